The standard InChI is InChI=1S/C23H23N3O2S/c27-19-9-8-18-21(25-22(24-18)20-7-4-14-29-20)17(19)15-26-12-10-23(28,11-13-26)16-5-2-1-3-6-16/h1-9,14,27-28H,10-13,15H2,(H,24,25). The second-order valence-electron chi connectivity index (χ2n) is 7.70. The topological polar surface area (TPSA) is 72.4 Å². The van der Waals surface area contributed by atoms with Gasteiger partial charge in [0.1, 0.15) is 11.6 Å². The molecule has 148 valence electrons. The van der Waals surface area contributed by atoms with Crippen molar-refractivity contribution in [3.63, 3.8) is 0 Å². The van der Waals surface area contributed by atoms with Crippen LogP contribution >= 0.6 is 11.3 Å². The van der Waals surface area contributed by atoms with E-state index in [0.29, 0.717) is 19.4 Å². The van der Waals surface area contributed by atoms with Crippen LogP contribution in [0.25, 0.3) is 21.7 Å². The van der Waals surface area contributed by atoms with Gasteiger partial charge in [0.05, 0.1) is 21.5 Å². The van der Waals surface area contributed by atoms with Gasteiger partial charge in [0.15, 0.2) is 0 Å². The molecule has 0 aliphatic carbocycles. The van der Waals surface area contributed by atoms with Crippen LogP contribution in [-0.4, -0.2) is 38.2 Å². The molecule has 0 bridgehead atoms. The van der Waals surface area contributed by atoms with Crippen LogP contribution in [0.1, 0.15) is 24.0 Å². The third kappa shape index (κ3) is 3.44. The van der Waals surface area contributed by atoms with E-state index in [1.54, 1.807) is 17.4 Å². The van der Waals surface area contributed by atoms with Crippen molar-refractivity contribution in [1.29, 1.82) is 0 Å². The third-order valence-electron chi connectivity index (χ3n) is 5.87. The number of benzene rings is 2. The van der Waals surface area contributed by atoms with Crippen LogP contribution in [0, 0.1) is 0 Å². The number of imidazole rings is 1. The average Bonchev–Trinajstić information content (AvgIpc) is 3.42. The lowest BCUT2D eigenvalue weighted by molar-refractivity contribution is -0.0277. The zero-order chi connectivity index (χ0) is 19.8. The summed E-state index contributed by atoms with van der Waals surface area (Å²) in [5, 5.41) is 23.6. The SMILES string of the molecule is Oc1ccc2[nH]c(-c3cccs3)nc2c1CN1CCC(O)(c2ccccc2)CC1. The summed E-state index contributed by atoms with van der Waals surface area (Å²) in [7, 11) is 0. The van der Waals surface area contributed by atoms with E-state index in [1.807, 2.05) is 53.9 Å². The molecule has 1 aliphatic heterocycles. The van der Waals surface area contributed by atoms with Crippen molar-refractivity contribution in [2.45, 2.75) is 25.0 Å². The number of rotatable bonds is 4. The van der Waals surface area contributed by atoms with E-state index in [4.69, 9.17) is 4.98 Å². The van der Waals surface area contributed by atoms with E-state index in [2.05, 4.69) is 9.88 Å². The maximum atomic E-state index is 11.1. The lowest BCUT2D eigenvalue weighted by Gasteiger charge is -2.38. The molecule has 5 rings (SSSR count). The van der Waals surface area contributed by atoms with Gasteiger partial charge in [-0.25, -0.2) is 4.98 Å². The van der Waals surface area contributed by atoms with E-state index < -0.39 is 5.60 Å². The lowest BCUT2D eigenvalue weighted by atomic mass is 9.84. The molecule has 1 saturated heterocycles. The molecule has 6 heteroatoms. The molecule has 2 aromatic carbocycles. The fraction of sp³-hybridized carbons (Fsp3) is 0.261. The Morgan fingerprint density at radius 2 is 1.83 bits per heavy atom. The maximum Gasteiger partial charge on any atom is 0.148 e. The largest absolute Gasteiger partial charge is 0.508 e. The highest BCUT2D eigenvalue weighted by Crippen LogP contribution is 2.35. The van der Waals surface area contributed by atoms with Gasteiger partial charge in [-0.15, -0.1) is 11.3 Å². The summed E-state index contributed by atoms with van der Waals surface area (Å²) in [4.78, 5) is 11.5. The molecule has 3 heterocycles. The second kappa shape index (κ2) is 7.30. The Hall–Kier alpha value is -2.67. The minimum absolute atomic E-state index is 0.269. The molecule has 2 aromatic heterocycles. The number of fused-ring (bicyclic) bond motifs is 1. The molecule has 29 heavy (non-hydrogen) atoms. The Kier molecular flexibility index (Phi) is 4.62. The Labute approximate surface area is 173 Å². The molecule has 3 N–H and O–H groups in total. The first-order chi connectivity index (χ1) is 14.1. The van der Waals surface area contributed by atoms with Gasteiger partial charge < -0.3 is 15.2 Å². The van der Waals surface area contributed by atoms with Gasteiger partial charge in [-0.2, -0.15) is 0 Å². The number of aromatic amines is 1. The number of aromatic hydroxyl groups is 1. The highest BCUT2D eigenvalue weighted by Gasteiger charge is 2.34. The molecule has 0 unspecified atom stereocenters. The van der Waals surface area contributed by atoms with E-state index in [-0.39, 0.29) is 5.75 Å². The zero-order valence-electron chi connectivity index (χ0n) is 16.0. The predicted molar refractivity (Wildman–Crippen MR) is 116 cm³/mol. The zero-order valence-corrected chi connectivity index (χ0v) is 16.8. The van der Waals surface area contributed by atoms with Gasteiger partial charge in [0.25, 0.3) is 0 Å². The first-order valence-electron chi connectivity index (χ1n) is 9.87. The third-order valence-corrected chi connectivity index (χ3v) is 6.74. The molecular weight excluding hydrogens is 382 g/mol. The first kappa shape index (κ1) is 18.4. The summed E-state index contributed by atoms with van der Waals surface area (Å²) in [5.41, 5.74) is 2.80. The number of likely N-dealkylation sites (tertiary alicyclic amines) is 1. The number of hydrogen-bond donors (Lipinski definition) is 3. The number of thiophene rings is 1. The summed E-state index contributed by atoms with van der Waals surface area (Å²) in [5.74, 6) is 1.10. The number of aromatic nitrogens is 2. The molecule has 5 nitrogen and oxygen atoms in total. The first-order valence-corrected chi connectivity index (χ1v) is 10.7. The van der Waals surface area contributed by atoms with Crippen molar-refractivity contribution in [3.8, 4) is 16.5 Å². The van der Waals surface area contributed by atoms with E-state index >= 15 is 0 Å². The van der Waals surface area contributed by atoms with Crippen LogP contribution in [0.3, 0.4) is 0 Å². The van der Waals surface area contributed by atoms with Crippen molar-refractivity contribution in [2.75, 3.05) is 13.1 Å². The number of nitrogens with one attached hydrogen (secondary N) is 1. The second-order valence-corrected chi connectivity index (χ2v) is 8.64. The summed E-state index contributed by atoms with van der Waals surface area (Å²) in [6, 6.07) is 17.6. The van der Waals surface area contributed by atoms with Crippen molar-refractivity contribution < 1.29 is 10.2 Å². The number of piperidine rings is 1. The van der Waals surface area contributed by atoms with Crippen molar-refractivity contribution in [3.05, 3.63) is 71.1 Å². The Morgan fingerprint density at radius 3 is 2.55 bits per heavy atom. The number of nitrogens with zero attached hydrogens (tertiary/aromatic N) is 2. The van der Waals surface area contributed by atoms with Gasteiger partial charge in [-0.3, -0.25) is 4.90 Å². The van der Waals surface area contributed by atoms with Crippen molar-refractivity contribution in [2.24, 2.45) is 0 Å². The molecule has 4 aromatic rings. The number of hydrogen-bond acceptors (Lipinski definition) is 5. The fourth-order valence-electron chi connectivity index (χ4n) is 4.15. The van der Waals surface area contributed by atoms with Gasteiger partial charge in [-0.05, 0) is 42.0 Å². The van der Waals surface area contributed by atoms with Gasteiger partial charge in [0.2, 0.25) is 0 Å². The van der Waals surface area contributed by atoms with Crippen LogP contribution in [0.2, 0.25) is 0 Å². The van der Waals surface area contributed by atoms with Crippen LogP contribution < -0.4 is 0 Å². The summed E-state index contributed by atoms with van der Waals surface area (Å²) in [6.07, 6.45) is 1.35. The molecule has 0 atom stereocenters. The predicted octanol–water partition coefficient (Wildman–Crippen LogP) is 4.48. The number of phenolic OH excluding ortho intramolecular Hbond substituents is 1. The fourth-order valence-corrected chi connectivity index (χ4v) is 4.82. The minimum atomic E-state index is -0.773. The average molecular weight is 406 g/mol. The van der Waals surface area contributed by atoms with E-state index in [0.717, 1.165) is 46.0 Å². The Bertz CT molecular complexity index is 1110. The molecule has 0 saturated carbocycles. The lowest BCUT2D eigenvalue weighted by Crippen LogP contribution is -2.42. The molecule has 0 amide bonds. The summed E-state index contributed by atoms with van der Waals surface area (Å²) < 4.78 is 0. The van der Waals surface area contributed by atoms with Crippen LogP contribution in [0.5, 0.6) is 5.75 Å². The highest BCUT2D eigenvalue weighted by molar-refractivity contribution is 7.13. The molecule has 1 aliphatic rings. The van der Waals surface area contributed by atoms with Crippen LogP contribution in [0.15, 0.2) is 60.0 Å². The van der Waals surface area contributed by atoms with Gasteiger partial charge in [0, 0.05) is 25.2 Å². The van der Waals surface area contributed by atoms with Gasteiger partial charge >= 0.3 is 0 Å². The van der Waals surface area contributed by atoms with Crippen LogP contribution in [0.4, 0.5) is 0 Å². The minimum Gasteiger partial charge on any atom is -0.508 e. The quantitative estimate of drug-likeness (QED) is 0.468. The number of aliphatic hydroxyl groups is 1. The highest BCUT2D eigenvalue weighted by atomic mass is 32.1. The summed E-state index contributed by atoms with van der Waals surface area (Å²) >= 11 is 1.64. The Balaban J connectivity index is 1.38. The van der Waals surface area contributed by atoms with Crippen molar-refractivity contribution in [1.82, 2.24) is 14.9 Å². The van der Waals surface area contributed by atoms with E-state index in [1.165, 1.54) is 0 Å². The molecule has 0 spiro atoms. The summed E-state index contributed by atoms with van der Waals surface area (Å²) in [6.45, 7) is 2.15. The smallest absolute Gasteiger partial charge is 0.148 e. The van der Waals surface area contributed by atoms with E-state index in [9.17, 15) is 10.2 Å². The normalized spacial score (nSPS) is 17.0. The van der Waals surface area contributed by atoms with Crippen LogP contribution in [-0.2, 0) is 12.1 Å². The monoisotopic (exact) mass is 405 g/mol. The molecule has 0 radical (unpaired) electrons. The molecular formula is C23H23N3O2S. The maximum absolute atomic E-state index is 11.1. The number of H-pyrrole nitrogens is 1. The van der Waals surface area contributed by atoms with Gasteiger partial charge in [-0.1, -0.05) is 36.4 Å². The van der Waals surface area contributed by atoms with Crippen molar-refractivity contribution >= 4 is 22.4 Å². The molecule has 1 fully saturated rings. The Morgan fingerprint density at radius 1 is 1.03 bits per heavy atom. The number of phenols is 1.